The molecule has 1 unspecified atom stereocenters. The molecule has 1 aromatic heterocycles. The molecule has 5 heterocycles. The Balaban J connectivity index is 0.733. The minimum Gasteiger partial charge on any atom is -0.343 e. The first-order valence-electron chi connectivity index (χ1n) is 31.9. The lowest BCUT2D eigenvalue weighted by molar-refractivity contribution is -0.144. The summed E-state index contributed by atoms with van der Waals surface area (Å²) >= 11 is 0. The average molecular weight is 1180 g/mol. The minimum atomic E-state index is -0.769. The van der Waals surface area contributed by atoms with Crippen LogP contribution in [0.15, 0.2) is 114 Å². The summed E-state index contributed by atoms with van der Waals surface area (Å²) in [6, 6.07) is 24.1. The van der Waals surface area contributed by atoms with Crippen molar-refractivity contribution in [2.75, 3.05) is 20.6 Å². The zero-order chi connectivity index (χ0) is 60.8. The predicted octanol–water partition coefficient (Wildman–Crippen LogP) is 8.07. The van der Waals surface area contributed by atoms with Crippen molar-refractivity contribution >= 4 is 35.4 Å². The first-order valence-corrected chi connectivity index (χ1v) is 31.9. The molecule has 4 aromatic rings. The molecule has 0 spiro atoms. The van der Waals surface area contributed by atoms with Gasteiger partial charge in [-0.25, -0.2) is 0 Å². The van der Waals surface area contributed by atoms with Gasteiger partial charge in [-0.15, -0.1) is 10.2 Å². The van der Waals surface area contributed by atoms with Gasteiger partial charge in [0, 0.05) is 31.4 Å². The number of likely N-dealkylation sites (N-methyl/N-ethyl adjacent to an activating group) is 2. The molecule has 0 saturated carbocycles. The van der Waals surface area contributed by atoms with Crippen LogP contribution in [0.5, 0.6) is 0 Å². The molecule has 4 aliphatic rings. The third-order valence-electron chi connectivity index (χ3n) is 17.9. The van der Waals surface area contributed by atoms with Crippen LogP contribution in [0.3, 0.4) is 0 Å². The van der Waals surface area contributed by atoms with Gasteiger partial charge in [-0.2, -0.15) is 0 Å². The molecule has 86 heavy (non-hydrogen) atoms. The number of fused-ring (bicyclic) bond motifs is 2. The summed E-state index contributed by atoms with van der Waals surface area (Å²) in [6.45, 7) is 8.85. The molecular formula is C66H94N14O6. The van der Waals surface area contributed by atoms with Crippen LogP contribution in [0.25, 0.3) is 0 Å². The summed E-state index contributed by atoms with van der Waals surface area (Å²) < 4.78 is 1.86. The highest BCUT2D eigenvalue weighted by Gasteiger charge is 2.46. The number of unbranched alkanes of at least 4 members (excludes halogenated alkanes) is 6. The SMILES string of the molecule is C=CN(CCCCCCc1ccc(CCCCCCn2cc([C@@H](NC(=O)[C@@H]3CC[C@@H]4CCCC[C@H](NC(=O)[C@H](C)NC)C(=O)N43)c3ccccc3)nn2)cc1)/N=N\C(NC(=O)[C@@H]1CC[C@@H]2CCCC[C@H](NC(=O)[C@H](C)NC)C(=O)N21)c1ccccc1. The summed E-state index contributed by atoms with van der Waals surface area (Å²) in [7, 11) is 3.43. The van der Waals surface area contributed by atoms with Gasteiger partial charge >= 0.3 is 0 Å². The van der Waals surface area contributed by atoms with Crippen molar-refractivity contribution in [3.63, 3.8) is 0 Å². The maximum atomic E-state index is 14.3. The van der Waals surface area contributed by atoms with Gasteiger partial charge in [0.05, 0.1) is 24.3 Å². The van der Waals surface area contributed by atoms with Crippen LogP contribution in [0.4, 0.5) is 0 Å². The summed E-state index contributed by atoms with van der Waals surface area (Å²) in [5, 5.41) is 38.0. The fourth-order valence-corrected chi connectivity index (χ4v) is 12.6. The standard InChI is InChI=1S/C66H94N14O6/c1-6-77(76-74-60(51-29-17-12-18-30-51)72-64(84)58-42-40-53-32-20-22-34-55(66(86)80(53)58)70-62(82)47(3)68-5)43-23-9-7-13-25-48-35-37-49(38-36-48)26-14-8-10-24-44-78-45-56(73-75-78)59(50-27-15-11-16-28-50)71-63(83)57-41-39-52-31-19-21-33-54(65(85)79(52)57)69-61(81)46(2)67-4/h6,11-12,15-18,27-30,35-38,45-47,52-55,57-60,67-68H,1,7-10,13-14,19-26,31-34,39-44H2,2-5H3,(H,69,81)(H,70,82)(H,71,83)(H,72,84)/b76-74-/t46-,47-,52-,53-,54-,55-,57-,58-,59-,60?/m0/s1. The number of carbonyl (C=O) groups is 6. The molecule has 20 heteroatoms. The maximum absolute atomic E-state index is 14.3. The van der Waals surface area contributed by atoms with Gasteiger partial charge in [0.15, 0.2) is 6.17 Å². The molecular weight excluding hydrogens is 1080 g/mol. The molecule has 6 N–H and O–H groups in total. The number of benzene rings is 3. The second-order valence-electron chi connectivity index (χ2n) is 24.0. The number of hydrogen-bond donors (Lipinski definition) is 6. The maximum Gasteiger partial charge on any atom is 0.246 e. The quantitative estimate of drug-likeness (QED) is 0.0166. The molecule has 8 rings (SSSR count). The fraction of sp³-hybridized carbons (Fsp3) is 0.576. The number of rotatable bonds is 30. The van der Waals surface area contributed by atoms with E-state index >= 15 is 0 Å². The number of nitrogens with one attached hydrogen (secondary N) is 6. The Hall–Kier alpha value is -7.32. The van der Waals surface area contributed by atoms with E-state index in [-0.39, 0.29) is 47.5 Å². The van der Waals surface area contributed by atoms with Gasteiger partial charge in [-0.1, -0.05) is 153 Å². The van der Waals surface area contributed by atoms with Crippen LogP contribution in [0.2, 0.25) is 0 Å². The lowest BCUT2D eigenvalue weighted by atomic mass is 9.98. The lowest BCUT2D eigenvalue weighted by Gasteiger charge is -2.36. The van der Waals surface area contributed by atoms with Crippen LogP contribution in [-0.4, -0.2) is 134 Å². The Morgan fingerprint density at radius 3 is 1.63 bits per heavy atom. The Kier molecular flexibility index (Phi) is 24.8. The van der Waals surface area contributed by atoms with E-state index in [4.69, 9.17) is 0 Å². The predicted molar refractivity (Wildman–Crippen MR) is 331 cm³/mol. The average Bonchev–Trinajstić information content (AvgIpc) is 2.71. The normalized spacial score (nSPS) is 22.0. The molecule has 10 atom stereocenters. The monoisotopic (exact) mass is 1180 g/mol. The largest absolute Gasteiger partial charge is 0.343 e. The lowest BCUT2D eigenvalue weighted by Crippen LogP contribution is -2.58. The number of aromatic nitrogens is 3. The van der Waals surface area contributed by atoms with Crippen LogP contribution >= 0.6 is 0 Å². The molecule has 3 aromatic carbocycles. The van der Waals surface area contributed by atoms with E-state index in [0.29, 0.717) is 44.5 Å². The van der Waals surface area contributed by atoms with Crippen molar-refractivity contribution in [1.82, 2.24) is 61.7 Å². The van der Waals surface area contributed by atoms with Crippen molar-refractivity contribution < 1.29 is 28.8 Å². The minimum absolute atomic E-state index is 0.0395. The van der Waals surface area contributed by atoms with Gasteiger partial charge < -0.3 is 41.7 Å². The number of carbonyl (C=O) groups excluding carboxylic acids is 6. The molecule has 0 bridgehead atoms. The van der Waals surface area contributed by atoms with E-state index in [0.717, 1.165) is 127 Å². The second-order valence-corrected chi connectivity index (χ2v) is 24.0. The first-order chi connectivity index (χ1) is 41.8. The molecule has 0 radical (unpaired) electrons. The van der Waals surface area contributed by atoms with E-state index in [1.807, 2.05) is 71.5 Å². The highest BCUT2D eigenvalue weighted by molar-refractivity contribution is 5.95. The summed E-state index contributed by atoms with van der Waals surface area (Å²) in [5.74, 6) is -1.35. The Morgan fingerprint density at radius 2 is 1.10 bits per heavy atom. The van der Waals surface area contributed by atoms with Crippen molar-refractivity contribution in [3.8, 4) is 0 Å². The summed E-state index contributed by atoms with van der Waals surface area (Å²) in [6.07, 6.45) is 22.0. The second kappa shape index (κ2) is 33.0. The smallest absolute Gasteiger partial charge is 0.246 e. The van der Waals surface area contributed by atoms with Crippen molar-refractivity contribution in [3.05, 3.63) is 132 Å². The summed E-state index contributed by atoms with van der Waals surface area (Å²) in [5.41, 5.74) is 4.98. The Morgan fingerprint density at radius 1 is 0.616 bits per heavy atom. The molecule has 6 amide bonds. The number of hydrogen-bond acceptors (Lipinski definition) is 12. The molecule has 4 saturated heterocycles. The zero-order valence-electron chi connectivity index (χ0n) is 51.2. The molecule has 4 fully saturated rings. The third kappa shape index (κ3) is 17.9. The van der Waals surface area contributed by atoms with Gasteiger partial charge in [-0.3, -0.25) is 38.5 Å². The molecule has 4 aliphatic heterocycles. The highest BCUT2D eigenvalue weighted by Crippen LogP contribution is 2.34. The van der Waals surface area contributed by atoms with Crippen molar-refractivity contribution in [2.24, 2.45) is 10.3 Å². The fourth-order valence-electron chi connectivity index (χ4n) is 12.6. The van der Waals surface area contributed by atoms with Crippen LogP contribution < -0.4 is 31.9 Å². The van der Waals surface area contributed by atoms with E-state index in [1.165, 1.54) is 11.1 Å². The van der Waals surface area contributed by atoms with Crippen molar-refractivity contribution in [2.45, 2.75) is 222 Å². The van der Waals surface area contributed by atoms with Crippen molar-refractivity contribution in [1.29, 1.82) is 0 Å². The summed E-state index contributed by atoms with van der Waals surface area (Å²) in [4.78, 5) is 85.7. The molecule has 0 aliphatic carbocycles. The topological polar surface area (TPSA) is 240 Å². The molecule has 20 nitrogen and oxygen atoms in total. The third-order valence-corrected chi connectivity index (χ3v) is 17.9. The molecule has 464 valence electrons. The number of aryl methyl sites for hydroxylation is 3. The first kappa shape index (κ1) is 64.7. The van der Waals surface area contributed by atoms with Crippen LogP contribution in [0.1, 0.15) is 182 Å². The van der Waals surface area contributed by atoms with Gasteiger partial charge in [-0.05, 0) is 140 Å². The zero-order valence-corrected chi connectivity index (χ0v) is 51.2. The van der Waals surface area contributed by atoms with E-state index in [1.54, 1.807) is 49.0 Å². The highest BCUT2D eigenvalue weighted by atomic mass is 16.2. The Labute approximate surface area is 508 Å². The van der Waals surface area contributed by atoms with E-state index in [2.05, 4.69) is 83.4 Å². The Bertz CT molecular complexity index is 2850. The van der Waals surface area contributed by atoms with Gasteiger partial charge in [0.1, 0.15) is 29.9 Å². The van der Waals surface area contributed by atoms with Gasteiger partial charge in [0.25, 0.3) is 0 Å². The van der Waals surface area contributed by atoms with Crippen LogP contribution in [-0.2, 0) is 48.2 Å². The van der Waals surface area contributed by atoms with Gasteiger partial charge in [0.2, 0.25) is 35.4 Å². The number of amides is 6. The number of nitrogens with zero attached hydrogens (tertiary/aromatic N) is 8. The van der Waals surface area contributed by atoms with E-state index < -0.39 is 48.5 Å². The van der Waals surface area contributed by atoms with Crippen LogP contribution in [0, 0.1) is 0 Å². The van der Waals surface area contributed by atoms with E-state index in [9.17, 15) is 28.8 Å².